The maximum absolute atomic E-state index is 10.9. The van der Waals surface area contributed by atoms with Crippen LogP contribution >= 0.6 is 11.8 Å². The van der Waals surface area contributed by atoms with Gasteiger partial charge in [0.25, 0.3) is 0 Å². The predicted octanol–water partition coefficient (Wildman–Crippen LogP) is 1.64. The second-order valence-corrected chi connectivity index (χ2v) is 5.04. The highest BCUT2D eigenvalue weighted by molar-refractivity contribution is 7.99. The van der Waals surface area contributed by atoms with Gasteiger partial charge in [-0.05, 0) is 30.7 Å². The summed E-state index contributed by atoms with van der Waals surface area (Å²) in [5.74, 6) is 5.12. The number of rotatable bonds is 5. The number of carbonyl (C=O) groups is 1. The molecule has 5 heteroatoms. The van der Waals surface area contributed by atoms with Crippen molar-refractivity contribution >= 4 is 17.7 Å². The summed E-state index contributed by atoms with van der Waals surface area (Å²) in [6.07, 6.45) is 1.21. The number of carbonyl (C=O) groups excluding carboxylic acids is 1. The number of aromatic hydroxyl groups is 1. The van der Waals surface area contributed by atoms with E-state index in [2.05, 4.69) is 12.3 Å². The van der Waals surface area contributed by atoms with Crippen LogP contribution in [-0.4, -0.2) is 16.3 Å². The molecule has 0 aliphatic rings. The normalized spacial score (nSPS) is 12.1. The zero-order valence-corrected chi connectivity index (χ0v) is 9.96. The standard InChI is InChI=1S/C11H16N2O2S/c1-8(2-7-11(15)13-12)16-10-5-3-9(14)4-6-10/h3-6,8,14H,2,7,12H2,1H3,(H,13,15). The first-order valence-electron chi connectivity index (χ1n) is 5.07. The Hall–Kier alpha value is -1.20. The maximum Gasteiger partial charge on any atom is 0.233 e. The summed E-state index contributed by atoms with van der Waals surface area (Å²) in [4.78, 5) is 12.0. The minimum absolute atomic E-state index is 0.141. The van der Waals surface area contributed by atoms with Crippen LogP contribution in [0.3, 0.4) is 0 Å². The Labute approximate surface area is 99.2 Å². The lowest BCUT2D eigenvalue weighted by atomic mass is 10.2. The van der Waals surface area contributed by atoms with E-state index in [1.165, 1.54) is 0 Å². The van der Waals surface area contributed by atoms with Crippen LogP contribution in [0.15, 0.2) is 29.2 Å². The van der Waals surface area contributed by atoms with Gasteiger partial charge in [0.05, 0.1) is 0 Å². The van der Waals surface area contributed by atoms with Gasteiger partial charge in [-0.3, -0.25) is 10.2 Å². The number of hydrazine groups is 1. The second kappa shape index (κ2) is 6.40. The number of nitrogens with two attached hydrogens (primary N) is 1. The molecule has 0 radical (unpaired) electrons. The summed E-state index contributed by atoms with van der Waals surface area (Å²) in [6.45, 7) is 2.06. The number of hydrogen-bond donors (Lipinski definition) is 3. The fourth-order valence-electron chi connectivity index (χ4n) is 1.22. The number of hydrogen-bond acceptors (Lipinski definition) is 4. The van der Waals surface area contributed by atoms with Crippen LogP contribution in [0, 0.1) is 0 Å². The van der Waals surface area contributed by atoms with Crippen molar-refractivity contribution in [1.29, 1.82) is 0 Å². The van der Waals surface area contributed by atoms with E-state index in [0.717, 1.165) is 11.3 Å². The summed E-state index contributed by atoms with van der Waals surface area (Å²) in [6, 6.07) is 7.03. The first kappa shape index (κ1) is 12.9. The van der Waals surface area contributed by atoms with E-state index in [0.29, 0.717) is 11.7 Å². The lowest BCUT2D eigenvalue weighted by Crippen LogP contribution is -2.30. The Kier molecular flexibility index (Phi) is 5.14. The molecule has 0 saturated carbocycles. The van der Waals surface area contributed by atoms with Gasteiger partial charge in [0.15, 0.2) is 0 Å². The molecule has 0 fully saturated rings. The van der Waals surface area contributed by atoms with Crippen LogP contribution in [0.4, 0.5) is 0 Å². The van der Waals surface area contributed by atoms with Gasteiger partial charge < -0.3 is 5.11 Å². The molecule has 0 bridgehead atoms. The molecule has 1 rings (SSSR count). The molecule has 0 heterocycles. The van der Waals surface area contributed by atoms with Gasteiger partial charge in [0.1, 0.15) is 5.75 Å². The molecule has 1 aromatic carbocycles. The highest BCUT2D eigenvalue weighted by atomic mass is 32.2. The van der Waals surface area contributed by atoms with Crippen LogP contribution < -0.4 is 11.3 Å². The molecule has 1 amide bonds. The summed E-state index contributed by atoms with van der Waals surface area (Å²) < 4.78 is 0. The van der Waals surface area contributed by atoms with Gasteiger partial charge in [-0.15, -0.1) is 11.8 Å². The molecule has 4 N–H and O–H groups in total. The smallest absolute Gasteiger partial charge is 0.233 e. The van der Waals surface area contributed by atoms with Crippen LogP contribution in [0.5, 0.6) is 5.75 Å². The molecule has 0 aliphatic carbocycles. The SMILES string of the molecule is CC(CCC(=O)NN)Sc1ccc(O)cc1. The van der Waals surface area contributed by atoms with Gasteiger partial charge in [-0.1, -0.05) is 6.92 Å². The summed E-state index contributed by atoms with van der Waals surface area (Å²) >= 11 is 1.67. The Bertz CT molecular complexity index is 340. The average molecular weight is 240 g/mol. The quantitative estimate of drug-likeness (QED) is 0.316. The van der Waals surface area contributed by atoms with E-state index in [1.54, 1.807) is 23.9 Å². The molecule has 0 aliphatic heterocycles. The van der Waals surface area contributed by atoms with Crippen molar-refractivity contribution in [2.45, 2.75) is 29.9 Å². The summed E-state index contributed by atoms with van der Waals surface area (Å²) in [5, 5.41) is 9.46. The molecular formula is C11H16N2O2S. The number of amides is 1. The van der Waals surface area contributed by atoms with E-state index in [1.807, 2.05) is 12.1 Å². The van der Waals surface area contributed by atoms with Gasteiger partial charge in [-0.25, -0.2) is 5.84 Å². The molecule has 0 saturated heterocycles. The number of nitrogens with one attached hydrogen (secondary N) is 1. The van der Waals surface area contributed by atoms with Crippen molar-refractivity contribution in [3.63, 3.8) is 0 Å². The van der Waals surface area contributed by atoms with E-state index in [-0.39, 0.29) is 11.7 Å². The van der Waals surface area contributed by atoms with Crippen LogP contribution in [0.2, 0.25) is 0 Å². The zero-order valence-electron chi connectivity index (χ0n) is 9.14. The zero-order chi connectivity index (χ0) is 12.0. The first-order chi connectivity index (χ1) is 7.61. The van der Waals surface area contributed by atoms with Gasteiger partial charge in [0, 0.05) is 16.6 Å². The largest absolute Gasteiger partial charge is 0.508 e. The highest BCUT2D eigenvalue weighted by Gasteiger charge is 2.07. The number of phenolic OH excluding ortho intramolecular Hbond substituents is 1. The van der Waals surface area contributed by atoms with Gasteiger partial charge >= 0.3 is 0 Å². The molecule has 4 nitrogen and oxygen atoms in total. The topological polar surface area (TPSA) is 75.4 Å². The van der Waals surface area contributed by atoms with Crippen molar-refractivity contribution in [2.75, 3.05) is 0 Å². The summed E-state index contributed by atoms with van der Waals surface area (Å²) in [7, 11) is 0. The monoisotopic (exact) mass is 240 g/mol. The second-order valence-electron chi connectivity index (χ2n) is 3.53. The van der Waals surface area contributed by atoms with E-state index in [9.17, 15) is 4.79 Å². The number of benzene rings is 1. The Balaban J connectivity index is 2.36. The van der Waals surface area contributed by atoms with Crippen molar-refractivity contribution in [2.24, 2.45) is 5.84 Å². The van der Waals surface area contributed by atoms with Crippen molar-refractivity contribution < 1.29 is 9.90 Å². The van der Waals surface area contributed by atoms with Gasteiger partial charge in [0.2, 0.25) is 5.91 Å². The Morgan fingerprint density at radius 3 is 2.69 bits per heavy atom. The van der Waals surface area contributed by atoms with Gasteiger partial charge in [-0.2, -0.15) is 0 Å². The average Bonchev–Trinajstić information content (AvgIpc) is 2.29. The van der Waals surface area contributed by atoms with Crippen LogP contribution in [0.1, 0.15) is 19.8 Å². The molecule has 16 heavy (non-hydrogen) atoms. The fourth-order valence-corrected chi connectivity index (χ4v) is 2.22. The Morgan fingerprint density at radius 1 is 1.50 bits per heavy atom. The Morgan fingerprint density at radius 2 is 2.12 bits per heavy atom. The lowest BCUT2D eigenvalue weighted by Gasteiger charge is -2.10. The minimum Gasteiger partial charge on any atom is -0.508 e. The highest BCUT2D eigenvalue weighted by Crippen LogP contribution is 2.27. The summed E-state index contributed by atoms with van der Waals surface area (Å²) in [5.41, 5.74) is 2.11. The van der Waals surface area contributed by atoms with E-state index >= 15 is 0 Å². The lowest BCUT2D eigenvalue weighted by molar-refractivity contribution is -0.121. The third-order valence-electron chi connectivity index (χ3n) is 2.11. The third-order valence-corrected chi connectivity index (χ3v) is 3.30. The maximum atomic E-state index is 10.9. The van der Waals surface area contributed by atoms with E-state index < -0.39 is 0 Å². The molecule has 1 aromatic rings. The van der Waals surface area contributed by atoms with Crippen LogP contribution in [-0.2, 0) is 4.79 Å². The molecular weight excluding hydrogens is 224 g/mol. The van der Waals surface area contributed by atoms with Crippen molar-refractivity contribution in [3.05, 3.63) is 24.3 Å². The minimum atomic E-state index is -0.141. The van der Waals surface area contributed by atoms with Crippen LogP contribution in [0.25, 0.3) is 0 Å². The molecule has 0 spiro atoms. The van der Waals surface area contributed by atoms with E-state index in [4.69, 9.17) is 10.9 Å². The number of phenols is 1. The predicted molar refractivity (Wildman–Crippen MR) is 65.0 cm³/mol. The fraction of sp³-hybridized carbons (Fsp3) is 0.364. The number of thioether (sulfide) groups is 1. The molecule has 1 unspecified atom stereocenters. The molecule has 88 valence electrons. The molecule has 1 atom stereocenters. The van der Waals surface area contributed by atoms with Crippen molar-refractivity contribution in [3.8, 4) is 5.75 Å². The van der Waals surface area contributed by atoms with Crippen molar-refractivity contribution in [1.82, 2.24) is 5.43 Å². The molecule has 0 aromatic heterocycles. The first-order valence-corrected chi connectivity index (χ1v) is 5.95. The third kappa shape index (κ3) is 4.55.